The molecule has 1 aliphatic carbocycles. The minimum absolute atomic E-state index is 0.0712. The van der Waals surface area contributed by atoms with E-state index in [4.69, 9.17) is 5.73 Å². The van der Waals surface area contributed by atoms with Gasteiger partial charge in [-0.15, -0.1) is 11.8 Å². The number of carbonyl (C=O) groups is 3. The van der Waals surface area contributed by atoms with E-state index in [9.17, 15) is 14.4 Å². The van der Waals surface area contributed by atoms with Crippen molar-refractivity contribution in [3.63, 3.8) is 0 Å². The third kappa shape index (κ3) is 5.01. The third-order valence-corrected chi connectivity index (χ3v) is 8.94. The first-order valence-corrected chi connectivity index (χ1v) is 13.7. The Morgan fingerprint density at radius 2 is 2.00 bits per heavy atom. The second-order valence-electron chi connectivity index (χ2n) is 10.1. The van der Waals surface area contributed by atoms with Gasteiger partial charge in [0.15, 0.2) is 0 Å². The summed E-state index contributed by atoms with van der Waals surface area (Å²) in [7, 11) is 1.59. The number of nitrogens with two attached hydrogens (primary N) is 1. The zero-order valence-corrected chi connectivity index (χ0v) is 22.3. The Hall–Kier alpha value is -1.62. The molecule has 0 aromatic heterocycles. The molecule has 3 aliphatic rings. The number of nitrogens with zero attached hydrogens (tertiary/aromatic N) is 1. The third-order valence-electron chi connectivity index (χ3n) is 7.19. The molecular weight excluding hydrogens is 518 g/mol. The van der Waals surface area contributed by atoms with Crippen LogP contribution in [0.2, 0.25) is 0 Å². The van der Waals surface area contributed by atoms with Crippen molar-refractivity contribution < 1.29 is 14.4 Å². The van der Waals surface area contributed by atoms with E-state index < -0.39 is 24.2 Å². The van der Waals surface area contributed by atoms with Gasteiger partial charge in [-0.05, 0) is 73.6 Å². The average Bonchev–Trinajstić information content (AvgIpc) is 2.98. The molecule has 2 fully saturated rings. The van der Waals surface area contributed by atoms with Crippen LogP contribution in [0.1, 0.15) is 56.7 Å². The highest BCUT2D eigenvalue weighted by Crippen LogP contribution is 2.46. The van der Waals surface area contributed by atoms with Crippen molar-refractivity contribution in [3.05, 3.63) is 33.8 Å². The number of hydrogen-bond donors (Lipinski definition) is 4. The van der Waals surface area contributed by atoms with Crippen molar-refractivity contribution in [2.24, 2.45) is 11.1 Å². The monoisotopic (exact) mass is 551 g/mol. The Kier molecular flexibility index (Phi) is 7.61. The summed E-state index contributed by atoms with van der Waals surface area (Å²) in [5.74, 6) is -0.0257. The zero-order valence-electron chi connectivity index (χ0n) is 19.9. The number of carbonyl (C=O) groups excluding carboxylic acids is 3. The van der Waals surface area contributed by atoms with Crippen LogP contribution in [-0.4, -0.2) is 59.0 Å². The smallest absolute Gasteiger partial charge is 0.252 e. The van der Waals surface area contributed by atoms with Crippen LogP contribution in [0.3, 0.4) is 0 Å². The van der Waals surface area contributed by atoms with E-state index >= 15 is 0 Å². The molecular formula is C24H34BrN5O3S. The van der Waals surface area contributed by atoms with Gasteiger partial charge < -0.3 is 21.3 Å². The highest BCUT2D eigenvalue weighted by Gasteiger charge is 2.54. The normalized spacial score (nSPS) is 29.0. The molecule has 0 spiro atoms. The largest absolute Gasteiger partial charge is 0.347 e. The Morgan fingerprint density at radius 3 is 2.74 bits per heavy atom. The van der Waals surface area contributed by atoms with Gasteiger partial charge in [-0.1, -0.05) is 35.8 Å². The number of hydrogen-bond acceptors (Lipinski definition) is 6. The predicted octanol–water partition coefficient (Wildman–Crippen LogP) is 2.02. The molecule has 1 aromatic rings. The van der Waals surface area contributed by atoms with Gasteiger partial charge in [-0.25, -0.2) is 0 Å². The Morgan fingerprint density at radius 1 is 1.24 bits per heavy atom. The Labute approximate surface area is 213 Å². The number of thioether (sulfide) groups is 1. The fourth-order valence-electron chi connectivity index (χ4n) is 5.43. The molecule has 1 aromatic carbocycles. The van der Waals surface area contributed by atoms with Crippen molar-refractivity contribution >= 4 is 45.4 Å². The second-order valence-corrected chi connectivity index (χ2v) is 12.3. The number of likely N-dealkylation sites (N-methyl/N-ethyl adjacent to an activating group) is 1. The SMILES string of the molecule is CN[C@@H](N)C(=O)N[C@H]1CCS[C@H]2CC(C)(C)[C@@H](C(=O)N[C@@H]3CCCc4cc(Br)ccc43)N2C1=O. The molecule has 2 heterocycles. The fourth-order valence-corrected chi connectivity index (χ4v) is 7.41. The van der Waals surface area contributed by atoms with Gasteiger partial charge in [0.25, 0.3) is 5.91 Å². The minimum Gasteiger partial charge on any atom is -0.347 e. The molecule has 8 nitrogen and oxygen atoms in total. The summed E-state index contributed by atoms with van der Waals surface area (Å²) in [5, 5.41) is 8.67. The van der Waals surface area contributed by atoms with Crippen LogP contribution in [0.4, 0.5) is 0 Å². The highest BCUT2D eigenvalue weighted by molar-refractivity contribution is 9.10. The number of fused-ring (bicyclic) bond motifs is 2. The molecule has 5 N–H and O–H groups in total. The second kappa shape index (κ2) is 10.2. The van der Waals surface area contributed by atoms with Gasteiger partial charge in [0.1, 0.15) is 18.2 Å². The van der Waals surface area contributed by atoms with Crippen LogP contribution >= 0.6 is 27.7 Å². The molecule has 0 bridgehead atoms. The highest BCUT2D eigenvalue weighted by atomic mass is 79.9. The quantitative estimate of drug-likeness (QED) is 0.416. The van der Waals surface area contributed by atoms with Crippen LogP contribution in [0.15, 0.2) is 22.7 Å². The maximum atomic E-state index is 13.8. The number of rotatable bonds is 5. The molecule has 10 heteroatoms. The molecule has 2 aliphatic heterocycles. The molecule has 186 valence electrons. The Balaban J connectivity index is 1.56. The van der Waals surface area contributed by atoms with Gasteiger partial charge in [0.2, 0.25) is 11.8 Å². The lowest BCUT2D eigenvalue weighted by atomic mass is 9.83. The summed E-state index contributed by atoms with van der Waals surface area (Å²) in [6.07, 6.45) is 3.23. The van der Waals surface area contributed by atoms with Crippen molar-refractivity contribution in [2.45, 2.75) is 75.6 Å². The van der Waals surface area contributed by atoms with E-state index in [1.54, 1.807) is 23.7 Å². The first-order chi connectivity index (χ1) is 16.1. The molecule has 0 saturated carbocycles. The number of benzene rings is 1. The van der Waals surface area contributed by atoms with Gasteiger partial charge in [0, 0.05) is 4.47 Å². The maximum Gasteiger partial charge on any atom is 0.252 e. The van der Waals surface area contributed by atoms with Gasteiger partial charge in [-0.2, -0.15) is 0 Å². The Bertz CT molecular complexity index is 974. The van der Waals surface area contributed by atoms with Crippen LogP contribution in [0, 0.1) is 5.41 Å². The van der Waals surface area contributed by atoms with Crippen LogP contribution in [0.25, 0.3) is 0 Å². The topological polar surface area (TPSA) is 117 Å². The number of amides is 3. The van der Waals surface area contributed by atoms with Crippen molar-refractivity contribution in [1.29, 1.82) is 0 Å². The maximum absolute atomic E-state index is 13.8. The summed E-state index contributed by atoms with van der Waals surface area (Å²) in [4.78, 5) is 41.5. The van der Waals surface area contributed by atoms with Crippen LogP contribution in [0.5, 0.6) is 0 Å². The van der Waals surface area contributed by atoms with Gasteiger partial charge in [-0.3, -0.25) is 19.7 Å². The van der Waals surface area contributed by atoms with E-state index in [2.05, 4.69) is 57.9 Å². The first kappa shape index (κ1) is 25.5. The molecule has 5 atom stereocenters. The fraction of sp³-hybridized carbons (Fsp3) is 0.625. The van der Waals surface area contributed by atoms with Crippen LogP contribution in [-0.2, 0) is 20.8 Å². The van der Waals surface area contributed by atoms with Crippen molar-refractivity contribution in [1.82, 2.24) is 20.9 Å². The zero-order chi connectivity index (χ0) is 24.6. The van der Waals surface area contributed by atoms with E-state index in [1.165, 1.54) is 5.56 Å². The summed E-state index contributed by atoms with van der Waals surface area (Å²) >= 11 is 5.23. The molecule has 4 rings (SSSR count). The van der Waals surface area contributed by atoms with Crippen molar-refractivity contribution in [2.75, 3.05) is 12.8 Å². The number of halogens is 1. The molecule has 0 unspecified atom stereocenters. The predicted molar refractivity (Wildman–Crippen MR) is 137 cm³/mol. The van der Waals surface area contributed by atoms with Crippen LogP contribution < -0.4 is 21.7 Å². The summed E-state index contributed by atoms with van der Waals surface area (Å²) < 4.78 is 1.04. The molecule has 2 saturated heterocycles. The average molecular weight is 553 g/mol. The van der Waals surface area contributed by atoms with Crippen molar-refractivity contribution in [3.8, 4) is 0 Å². The minimum atomic E-state index is -0.889. The standard InChI is InChI=1S/C24H34BrN5O3S/c1-24(2)12-18-30(23(33)17(9-10-34-18)29-22(32)20(26)27-3)19(24)21(31)28-16-6-4-5-13-11-14(25)7-8-15(13)16/h7-8,11,16-20,27H,4-6,9-10,12,26H2,1-3H3,(H,28,31)(H,29,32)/t16-,17+,18+,19-,20-/m1/s1. The van der Waals surface area contributed by atoms with E-state index in [0.29, 0.717) is 6.42 Å². The summed E-state index contributed by atoms with van der Waals surface area (Å²) in [6, 6.07) is 4.85. The lowest BCUT2D eigenvalue weighted by Gasteiger charge is -2.36. The van der Waals surface area contributed by atoms with E-state index in [-0.39, 0.29) is 28.6 Å². The summed E-state index contributed by atoms with van der Waals surface area (Å²) in [6.45, 7) is 4.10. The van der Waals surface area contributed by atoms with Gasteiger partial charge >= 0.3 is 0 Å². The number of nitrogens with one attached hydrogen (secondary N) is 3. The number of aryl methyl sites for hydroxylation is 1. The lowest BCUT2D eigenvalue weighted by molar-refractivity contribution is -0.144. The molecule has 0 radical (unpaired) electrons. The first-order valence-electron chi connectivity index (χ1n) is 11.9. The molecule has 34 heavy (non-hydrogen) atoms. The van der Waals surface area contributed by atoms with E-state index in [1.807, 2.05) is 6.07 Å². The lowest BCUT2D eigenvalue weighted by Crippen LogP contribution is -2.59. The van der Waals surface area contributed by atoms with Gasteiger partial charge in [0.05, 0.1) is 11.4 Å². The van der Waals surface area contributed by atoms with E-state index in [0.717, 1.165) is 41.5 Å². The summed E-state index contributed by atoms with van der Waals surface area (Å²) in [5.41, 5.74) is 7.79. The molecule has 3 amide bonds.